The van der Waals surface area contributed by atoms with Gasteiger partial charge in [0, 0.05) is 11.6 Å². The summed E-state index contributed by atoms with van der Waals surface area (Å²) in [4.78, 5) is 11.6. The van der Waals surface area contributed by atoms with E-state index < -0.39 is 5.82 Å². The summed E-state index contributed by atoms with van der Waals surface area (Å²) in [6, 6.07) is 4.09. The second kappa shape index (κ2) is 5.71. The monoisotopic (exact) mass is 254 g/mol. The van der Waals surface area contributed by atoms with Gasteiger partial charge in [-0.1, -0.05) is 6.92 Å². The summed E-state index contributed by atoms with van der Waals surface area (Å²) in [5, 5.41) is 2.82. The van der Waals surface area contributed by atoms with Crippen LogP contribution < -0.4 is 15.8 Å². The number of benzene rings is 1. The molecule has 1 aromatic rings. The lowest BCUT2D eigenvalue weighted by Gasteiger charge is -2.24. The molecule has 0 saturated carbocycles. The second-order valence-electron chi connectivity index (χ2n) is 4.76. The molecule has 0 saturated heterocycles. The van der Waals surface area contributed by atoms with Gasteiger partial charge in [0.1, 0.15) is 11.6 Å². The first kappa shape index (κ1) is 14.3. The van der Waals surface area contributed by atoms with Crippen LogP contribution in [0.4, 0.5) is 10.1 Å². The van der Waals surface area contributed by atoms with Crippen LogP contribution in [0, 0.1) is 5.82 Å². The van der Waals surface area contributed by atoms with Crippen LogP contribution in [0.5, 0.6) is 5.75 Å². The Bertz CT molecular complexity index is 433. The van der Waals surface area contributed by atoms with Crippen molar-refractivity contribution >= 4 is 11.6 Å². The Morgan fingerprint density at radius 1 is 1.50 bits per heavy atom. The third kappa shape index (κ3) is 4.24. The van der Waals surface area contributed by atoms with E-state index in [1.54, 1.807) is 0 Å². The van der Waals surface area contributed by atoms with Crippen LogP contribution in [0.25, 0.3) is 0 Å². The molecule has 0 unspecified atom stereocenters. The Hall–Kier alpha value is -1.78. The molecule has 1 aromatic carbocycles. The highest BCUT2D eigenvalue weighted by Crippen LogP contribution is 2.17. The number of carbonyl (C=O) groups excluding carboxylic acids is 1. The first-order valence-corrected chi connectivity index (χ1v) is 5.83. The SMILES string of the molecule is CCC(C)(C)NC(=O)COc1ccc(N)c(F)c1. The zero-order valence-electron chi connectivity index (χ0n) is 10.9. The maximum absolute atomic E-state index is 13.1. The molecule has 4 nitrogen and oxygen atoms in total. The van der Waals surface area contributed by atoms with E-state index >= 15 is 0 Å². The molecule has 100 valence electrons. The normalized spacial score (nSPS) is 11.1. The molecular formula is C13H19FN2O2. The quantitative estimate of drug-likeness (QED) is 0.791. The van der Waals surface area contributed by atoms with Crippen LogP contribution in [0.3, 0.4) is 0 Å². The summed E-state index contributed by atoms with van der Waals surface area (Å²) in [6.45, 7) is 5.69. The predicted molar refractivity (Wildman–Crippen MR) is 68.8 cm³/mol. The van der Waals surface area contributed by atoms with Gasteiger partial charge in [-0.25, -0.2) is 4.39 Å². The van der Waals surface area contributed by atoms with Crippen molar-refractivity contribution < 1.29 is 13.9 Å². The van der Waals surface area contributed by atoms with Crippen molar-refractivity contribution in [3.05, 3.63) is 24.0 Å². The van der Waals surface area contributed by atoms with Gasteiger partial charge in [-0.15, -0.1) is 0 Å². The molecule has 0 aliphatic rings. The van der Waals surface area contributed by atoms with E-state index in [-0.39, 0.29) is 29.5 Å². The lowest BCUT2D eigenvalue weighted by atomic mass is 10.0. The average molecular weight is 254 g/mol. The molecular weight excluding hydrogens is 235 g/mol. The number of carbonyl (C=O) groups is 1. The number of halogens is 1. The summed E-state index contributed by atoms with van der Waals surface area (Å²) in [5.41, 5.74) is 5.12. The van der Waals surface area contributed by atoms with Gasteiger partial charge in [-0.3, -0.25) is 4.79 Å². The molecule has 0 aliphatic carbocycles. The first-order chi connectivity index (χ1) is 8.34. The summed E-state index contributed by atoms with van der Waals surface area (Å²) >= 11 is 0. The van der Waals surface area contributed by atoms with Gasteiger partial charge >= 0.3 is 0 Å². The molecule has 1 amide bonds. The molecule has 0 fully saturated rings. The number of nitrogen functional groups attached to an aromatic ring is 1. The van der Waals surface area contributed by atoms with E-state index in [1.807, 2.05) is 20.8 Å². The predicted octanol–water partition coefficient (Wildman–Crippen LogP) is 2.09. The van der Waals surface area contributed by atoms with Crippen LogP contribution in [0.15, 0.2) is 18.2 Å². The standard InChI is InChI=1S/C13H19FN2O2/c1-4-13(2,3)16-12(17)8-18-9-5-6-11(15)10(14)7-9/h5-7H,4,8,15H2,1-3H3,(H,16,17). The zero-order chi connectivity index (χ0) is 13.8. The molecule has 0 spiro atoms. The van der Waals surface area contributed by atoms with E-state index in [9.17, 15) is 9.18 Å². The maximum Gasteiger partial charge on any atom is 0.258 e. The first-order valence-electron chi connectivity index (χ1n) is 5.83. The topological polar surface area (TPSA) is 64.3 Å². The smallest absolute Gasteiger partial charge is 0.258 e. The molecule has 18 heavy (non-hydrogen) atoms. The van der Waals surface area contributed by atoms with Crippen molar-refractivity contribution in [2.75, 3.05) is 12.3 Å². The van der Waals surface area contributed by atoms with Gasteiger partial charge in [0.2, 0.25) is 0 Å². The minimum absolute atomic E-state index is 0.0546. The van der Waals surface area contributed by atoms with E-state index in [0.717, 1.165) is 12.5 Å². The highest BCUT2D eigenvalue weighted by atomic mass is 19.1. The lowest BCUT2D eigenvalue weighted by molar-refractivity contribution is -0.124. The molecule has 0 atom stereocenters. The number of rotatable bonds is 5. The largest absolute Gasteiger partial charge is 0.484 e. The number of nitrogens with one attached hydrogen (secondary N) is 1. The third-order valence-electron chi connectivity index (χ3n) is 2.70. The van der Waals surface area contributed by atoms with Crippen molar-refractivity contribution in [2.45, 2.75) is 32.7 Å². The minimum Gasteiger partial charge on any atom is -0.484 e. The number of anilines is 1. The highest BCUT2D eigenvalue weighted by Gasteiger charge is 2.17. The highest BCUT2D eigenvalue weighted by molar-refractivity contribution is 5.78. The van der Waals surface area contributed by atoms with Crippen LogP contribution in [0.1, 0.15) is 27.2 Å². The molecule has 0 aromatic heterocycles. The fourth-order valence-corrected chi connectivity index (χ4v) is 1.25. The Labute approximate surface area is 106 Å². The molecule has 5 heteroatoms. The molecule has 1 rings (SSSR count). The van der Waals surface area contributed by atoms with Crippen LogP contribution >= 0.6 is 0 Å². The lowest BCUT2D eigenvalue weighted by Crippen LogP contribution is -2.44. The molecule has 0 aliphatic heterocycles. The maximum atomic E-state index is 13.1. The van der Waals surface area contributed by atoms with E-state index in [2.05, 4.69) is 5.32 Å². The van der Waals surface area contributed by atoms with Gasteiger partial charge in [-0.2, -0.15) is 0 Å². The van der Waals surface area contributed by atoms with Crippen molar-refractivity contribution in [3.8, 4) is 5.75 Å². The van der Waals surface area contributed by atoms with Gasteiger partial charge < -0.3 is 15.8 Å². The number of ether oxygens (including phenoxy) is 1. The Kier molecular flexibility index (Phi) is 4.53. The minimum atomic E-state index is -0.554. The number of amides is 1. The fourth-order valence-electron chi connectivity index (χ4n) is 1.25. The summed E-state index contributed by atoms with van der Waals surface area (Å²) in [7, 11) is 0. The van der Waals surface area contributed by atoms with Crippen LogP contribution in [-0.4, -0.2) is 18.1 Å². The van der Waals surface area contributed by atoms with E-state index in [4.69, 9.17) is 10.5 Å². The van der Waals surface area contributed by atoms with Crippen LogP contribution in [0.2, 0.25) is 0 Å². The van der Waals surface area contributed by atoms with Gasteiger partial charge in [-0.05, 0) is 32.4 Å². The summed E-state index contributed by atoms with van der Waals surface area (Å²) in [6.07, 6.45) is 0.815. The fraction of sp³-hybridized carbons (Fsp3) is 0.462. The van der Waals surface area contributed by atoms with Crippen molar-refractivity contribution in [1.82, 2.24) is 5.32 Å². The van der Waals surface area contributed by atoms with Crippen molar-refractivity contribution in [1.29, 1.82) is 0 Å². The third-order valence-corrected chi connectivity index (χ3v) is 2.70. The average Bonchev–Trinajstić information content (AvgIpc) is 2.30. The molecule has 3 N–H and O–H groups in total. The summed E-state index contributed by atoms with van der Waals surface area (Å²) < 4.78 is 18.3. The number of hydrogen-bond donors (Lipinski definition) is 2. The van der Waals surface area contributed by atoms with Crippen molar-refractivity contribution in [3.63, 3.8) is 0 Å². The number of hydrogen-bond acceptors (Lipinski definition) is 3. The summed E-state index contributed by atoms with van der Waals surface area (Å²) in [5.74, 6) is -0.507. The van der Waals surface area contributed by atoms with Gasteiger partial charge in [0.15, 0.2) is 6.61 Å². The molecule has 0 heterocycles. The van der Waals surface area contributed by atoms with Gasteiger partial charge in [0.25, 0.3) is 5.91 Å². The van der Waals surface area contributed by atoms with E-state index in [0.29, 0.717) is 0 Å². The Balaban J connectivity index is 2.50. The van der Waals surface area contributed by atoms with Crippen molar-refractivity contribution in [2.24, 2.45) is 0 Å². The zero-order valence-corrected chi connectivity index (χ0v) is 10.9. The van der Waals surface area contributed by atoms with E-state index in [1.165, 1.54) is 12.1 Å². The molecule has 0 radical (unpaired) electrons. The number of nitrogens with two attached hydrogens (primary N) is 1. The Morgan fingerprint density at radius 2 is 2.17 bits per heavy atom. The second-order valence-corrected chi connectivity index (χ2v) is 4.76. The van der Waals surface area contributed by atoms with Crippen LogP contribution in [-0.2, 0) is 4.79 Å². The van der Waals surface area contributed by atoms with Gasteiger partial charge in [0.05, 0.1) is 5.69 Å². The molecule has 0 bridgehead atoms. The Morgan fingerprint density at radius 3 is 2.72 bits per heavy atom.